The van der Waals surface area contributed by atoms with Crippen LogP contribution in [0, 0.1) is 6.92 Å². The first-order chi connectivity index (χ1) is 10.1. The number of rotatable bonds is 5. The van der Waals surface area contributed by atoms with Crippen molar-refractivity contribution in [1.29, 1.82) is 0 Å². The van der Waals surface area contributed by atoms with E-state index in [1.54, 1.807) is 7.11 Å². The molecule has 2 rings (SSSR count). The van der Waals surface area contributed by atoms with Gasteiger partial charge in [-0.3, -0.25) is 4.79 Å². The molecule has 1 N–H and O–H groups in total. The Balaban J connectivity index is 1.82. The first-order valence-electron chi connectivity index (χ1n) is 7.69. The quantitative estimate of drug-likeness (QED) is 0.904. The van der Waals surface area contributed by atoms with Gasteiger partial charge in [0.25, 0.3) is 0 Å². The first-order valence-corrected chi connectivity index (χ1v) is 7.69. The Morgan fingerprint density at radius 3 is 2.76 bits per heavy atom. The van der Waals surface area contributed by atoms with Crippen molar-refractivity contribution in [3.8, 4) is 0 Å². The highest BCUT2D eigenvalue weighted by molar-refractivity contribution is 5.77. The summed E-state index contributed by atoms with van der Waals surface area (Å²) in [4.78, 5) is 13.7. The molecule has 0 bridgehead atoms. The number of piperidine rings is 1. The average molecular weight is 290 g/mol. The first kappa shape index (κ1) is 16.0. The molecule has 1 amide bonds. The Labute approximate surface area is 127 Å². The molecule has 1 unspecified atom stereocenters. The van der Waals surface area contributed by atoms with Crippen molar-refractivity contribution in [2.24, 2.45) is 0 Å². The number of aryl methyl sites for hydroxylation is 1. The summed E-state index contributed by atoms with van der Waals surface area (Å²) >= 11 is 0. The number of methoxy groups -OCH3 is 1. The number of ether oxygens (including phenoxy) is 1. The van der Waals surface area contributed by atoms with Gasteiger partial charge in [0, 0.05) is 32.3 Å². The molecular formula is C17H26N2O2. The van der Waals surface area contributed by atoms with Crippen molar-refractivity contribution in [2.75, 3.05) is 26.8 Å². The summed E-state index contributed by atoms with van der Waals surface area (Å²) < 4.78 is 4.91. The summed E-state index contributed by atoms with van der Waals surface area (Å²) in [5.41, 5.74) is 2.62. The molecule has 1 aliphatic rings. The van der Waals surface area contributed by atoms with Gasteiger partial charge in [-0.05, 0) is 32.3 Å². The Morgan fingerprint density at radius 1 is 1.43 bits per heavy atom. The van der Waals surface area contributed by atoms with Crippen molar-refractivity contribution in [3.63, 3.8) is 0 Å². The molecule has 1 atom stereocenters. The molecular weight excluding hydrogens is 264 g/mol. The van der Waals surface area contributed by atoms with Crippen molar-refractivity contribution >= 4 is 5.91 Å². The van der Waals surface area contributed by atoms with Crippen LogP contribution in [0.25, 0.3) is 0 Å². The van der Waals surface area contributed by atoms with E-state index in [9.17, 15) is 4.79 Å². The maximum atomic E-state index is 11.8. The Hall–Kier alpha value is -1.39. The molecule has 0 saturated carbocycles. The third-order valence-corrected chi connectivity index (χ3v) is 4.14. The van der Waals surface area contributed by atoms with Crippen LogP contribution in [0.1, 0.15) is 36.9 Å². The minimum absolute atomic E-state index is 0.0997. The number of carbonyl (C=O) groups excluding carboxylic acids is 1. The summed E-state index contributed by atoms with van der Waals surface area (Å²) in [6, 6.07) is 9.45. The molecule has 1 aromatic rings. The maximum Gasteiger partial charge on any atom is 0.248 e. The van der Waals surface area contributed by atoms with E-state index in [4.69, 9.17) is 4.74 Å². The van der Waals surface area contributed by atoms with Crippen LogP contribution in [0.4, 0.5) is 0 Å². The Bertz CT molecular complexity index is 468. The second-order valence-electron chi connectivity index (χ2n) is 5.89. The molecule has 1 heterocycles. The summed E-state index contributed by atoms with van der Waals surface area (Å²) in [7, 11) is 1.57. The van der Waals surface area contributed by atoms with Crippen LogP contribution in [0.15, 0.2) is 24.3 Å². The SMILES string of the molecule is COCC(=O)N1CCC(NC(C)c2cccc(C)c2)CC1. The van der Waals surface area contributed by atoms with Gasteiger partial charge < -0.3 is 15.0 Å². The van der Waals surface area contributed by atoms with Gasteiger partial charge in [0.05, 0.1) is 0 Å². The molecule has 4 nitrogen and oxygen atoms in total. The minimum Gasteiger partial charge on any atom is -0.375 e. The zero-order chi connectivity index (χ0) is 15.2. The number of hydrogen-bond donors (Lipinski definition) is 1. The fraction of sp³-hybridized carbons (Fsp3) is 0.588. The number of likely N-dealkylation sites (tertiary alicyclic amines) is 1. The van der Waals surface area contributed by atoms with Crippen LogP contribution in [0.2, 0.25) is 0 Å². The van der Waals surface area contributed by atoms with E-state index in [1.807, 2.05) is 4.90 Å². The molecule has 0 radical (unpaired) electrons. The lowest BCUT2D eigenvalue weighted by molar-refractivity contribution is -0.136. The third kappa shape index (κ3) is 4.55. The van der Waals surface area contributed by atoms with E-state index >= 15 is 0 Å². The van der Waals surface area contributed by atoms with Gasteiger partial charge in [-0.1, -0.05) is 29.8 Å². The molecule has 1 aliphatic heterocycles. The number of benzene rings is 1. The molecule has 1 aromatic carbocycles. The molecule has 0 aromatic heterocycles. The highest BCUT2D eigenvalue weighted by atomic mass is 16.5. The lowest BCUT2D eigenvalue weighted by atomic mass is 10.0. The number of nitrogens with zero attached hydrogens (tertiary/aromatic N) is 1. The number of carbonyl (C=O) groups is 1. The summed E-state index contributed by atoms with van der Waals surface area (Å²) in [6.07, 6.45) is 2.01. The lowest BCUT2D eigenvalue weighted by Crippen LogP contribution is -2.46. The lowest BCUT2D eigenvalue weighted by Gasteiger charge is -2.34. The Morgan fingerprint density at radius 2 is 2.14 bits per heavy atom. The summed E-state index contributed by atoms with van der Waals surface area (Å²) in [5.74, 6) is 0.0997. The average Bonchev–Trinajstić information content (AvgIpc) is 2.48. The van der Waals surface area contributed by atoms with E-state index < -0.39 is 0 Å². The molecule has 0 spiro atoms. The van der Waals surface area contributed by atoms with Crippen molar-refractivity contribution < 1.29 is 9.53 Å². The van der Waals surface area contributed by atoms with E-state index in [0.29, 0.717) is 12.1 Å². The number of amides is 1. The molecule has 1 saturated heterocycles. The summed E-state index contributed by atoms with van der Waals surface area (Å²) in [5, 5.41) is 3.68. The van der Waals surface area contributed by atoms with Crippen molar-refractivity contribution in [2.45, 2.75) is 38.8 Å². The molecule has 116 valence electrons. The molecule has 1 fully saturated rings. The normalized spacial score (nSPS) is 17.8. The highest BCUT2D eigenvalue weighted by Gasteiger charge is 2.23. The van der Waals surface area contributed by atoms with E-state index in [-0.39, 0.29) is 12.5 Å². The predicted molar refractivity (Wildman–Crippen MR) is 84.2 cm³/mol. The van der Waals surface area contributed by atoms with Gasteiger partial charge >= 0.3 is 0 Å². The zero-order valence-electron chi connectivity index (χ0n) is 13.3. The van der Waals surface area contributed by atoms with Crippen molar-refractivity contribution in [3.05, 3.63) is 35.4 Å². The monoisotopic (exact) mass is 290 g/mol. The third-order valence-electron chi connectivity index (χ3n) is 4.14. The van der Waals surface area contributed by atoms with Crippen LogP contribution in [0.3, 0.4) is 0 Å². The zero-order valence-corrected chi connectivity index (χ0v) is 13.3. The second kappa shape index (κ2) is 7.57. The fourth-order valence-corrected chi connectivity index (χ4v) is 2.90. The molecule has 0 aliphatic carbocycles. The fourth-order valence-electron chi connectivity index (χ4n) is 2.90. The van der Waals surface area contributed by atoms with E-state index in [0.717, 1.165) is 25.9 Å². The van der Waals surface area contributed by atoms with Crippen LogP contribution in [-0.4, -0.2) is 43.7 Å². The minimum atomic E-state index is 0.0997. The predicted octanol–water partition coefficient (Wildman–Crippen LogP) is 2.28. The van der Waals surface area contributed by atoms with E-state index in [2.05, 4.69) is 43.4 Å². The largest absolute Gasteiger partial charge is 0.375 e. The van der Waals surface area contributed by atoms with E-state index in [1.165, 1.54) is 11.1 Å². The smallest absolute Gasteiger partial charge is 0.248 e. The van der Waals surface area contributed by atoms with Crippen LogP contribution in [-0.2, 0) is 9.53 Å². The van der Waals surface area contributed by atoms with Crippen LogP contribution < -0.4 is 5.32 Å². The van der Waals surface area contributed by atoms with Gasteiger partial charge in [-0.25, -0.2) is 0 Å². The number of nitrogens with one attached hydrogen (secondary N) is 1. The van der Waals surface area contributed by atoms with Gasteiger partial charge in [-0.15, -0.1) is 0 Å². The number of hydrogen-bond acceptors (Lipinski definition) is 3. The van der Waals surface area contributed by atoms with Crippen LogP contribution in [0.5, 0.6) is 0 Å². The molecule has 21 heavy (non-hydrogen) atoms. The van der Waals surface area contributed by atoms with Gasteiger partial charge in [0.2, 0.25) is 5.91 Å². The standard InChI is InChI=1S/C17H26N2O2/c1-13-5-4-6-15(11-13)14(2)18-16-7-9-19(10-8-16)17(20)12-21-3/h4-6,11,14,16,18H,7-10,12H2,1-3H3. The Kier molecular flexibility index (Phi) is 5.76. The second-order valence-corrected chi connectivity index (χ2v) is 5.89. The summed E-state index contributed by atoms with van der Waals surface area (Å²) in [6.45, 7) is 6.16. The van der Waals surface area contributed by atoms with Gasteiger partial charge in [-0.2, -0.15) is 0 Å². The topological polar surface area (TPSA) is 41.6 Å². The van der Waals surface area contributed by atoms with Crippen LogP contribution >= 0.6 is 0 Å². The maximum absolute atomic E-state index is 11.8. The van der Waals surface area contributed by atoms with Crippen molar-refractivity contribution in [1.82, 2.24) is 10.2 Å². The highest BCUT2D eigenvalue weighted by Crippen LogP contribution is 2.18. The van der Waals surface area contributed by atoms with Gasteiger partial charge in [0.1, 0.15) is 6.61 Å². The van der Waals surface area contributed by atoms with Gasteiger partial charge in [0.15, 0.2) is 0 Å². The molecule has 4 heteroatoms.